The Kier molecular flexibility index (Phi) is 5.85. The highest BCUT2D eigenvalue weighted by Crippen LogP contribution is 2.11. The number of alkyl halides is 1. The van der Waals surface area contributed by atoms with Crippen molar-refractivity contribution in [2.75, 3.05) is 5.88 Å². The molecule has 1 aromatic rings. The number of rotatable bonds is 7. The highest BCUT2D eigenvalue weighted by Gasteiger charge is 2.11. The molecule has 1 heterocycles. The van der Waals surface area contributed by atoms with E-state index in [9.17, 15) is 5.11 Å². The van der Waals surface area contributed by atoms with Crippen molar-refractivity contribution in [3.05, 3.63) is 17.5 Å². The molecule has 1 N–H and O–H groups in total. The number of nitrogens with zero attached hydrogens (tertiary/aromatic N) is 2. The van der Waals surface area contributed by atoms with Gasteiger partial charge in [0.2, 0.25) is 0 Å². The third kappa shape index (κ3) is 3.80. The summed E-state index contributed by atoms with van der Waals surface area (Å²) in [7, 11) is 0. The van der Waals surface area contributed by atoms with Gasteiger partial charge in [0.05, 0.1) is 11.8 Å². The molecule has 0 aliphatic carbocycles. The molecule has 1 aromatic heterocycles. The molecular formula is C12H21ClN2O. The molecule has 0 aliphatic rings. The molecule has 16 heavy (non-hydrogen) atoms. The first-order chi connectivity index (χ1) is 7.71. The molecule has 1 atom stereocenters. The van der Waals surface area contributed by atoms with Gasteiger partial charge >= 0.3 is 0 Å². The van der Waals surface area contributed by atoms with E-state index < -0.39 is 0 Å². The maximum absolute atomic E-state index is 9.84. The van der Waals surface area contributed by atoms with Crippen LogP contribution in [0.5, 0.6) is 0 Å². The van der Waals surface area contributed by atoms with Crippen LogP contribution in [-0.2, 0) is 19.4 Å². The van der Waals surface area contributed by atoms with Crippen molar-refractivity contribution in [3.8, 4) is 0 Å². The second-order valence-electron chi connectivity index (χ2n) is 3.99. The predicted molar refractivity (Wildman–Crippen MR) is 66.9 cm³/mol. The molecule has 1 unspecified atom stereocenters. The van der Waals surface area contributed by atoms with Gasteiger partial charge in [-0.1, -0.05) is 6.92 Å². The Morgan fingerprint density at radius 2 is 2.25 bits per heavy atom. The summed E-state index contributed by atoms with van der Waals surface area (Å²) in [6.07, 6.45) is 2.95. The minimum atomic E-state index is -0.301. The second kappa shape index (κ2) is 6.92. The third-order valence-corrected chi connectivity index (χ3v) is 2.96. The summed E-state index contributed by atoms with van der Waals surface area (Å²) in [6, 6.07) is 2.09. The number of aliphatic hydroxyl groups is 1. The molecule has 0 fully saturated rings. The van der Waals surface area contributed by atoms with Crippen LogP contribution in [0.2, 0.25) is 0 Å². The maximum Gasteiger partial charge on any atom is 0.0624 e. The predicted octanol–water partition coefficient (Wildman–Crippen LogP) is 2.39. The zero-order valence-corrected chi connectivity index (χ0v) is 10.9. The van der Waals surface area contributed by atoms with Gasteiger partial charge < -0.3 is 5.11 Å². The van der Waals surface area contributed by atoms with E-state index in [0.29, 0.717) is 12.3 Å². The van der Waals surface area contributed by atoms with Crippen molar-refractivity contribution in [1.82, 2.24) is 9.78 Å². The van der Waals surface area contributed by atoms with Crippen molar-refractivity contribution in [3.63, 3.8) is 0 Å². The summed E-state index contributed by atoms with van der Waals surface area (Å²) < 4.78 is 1.97. The fraction of sp³-hybridized carbons (Fsp3) is 0.750. The van der Waals surface area contributed by atoms with Gasteiger partial charge in [-0.3, -0.25) is 4.68 Å². The van der Waals surface area contributed by atoms with Gasteiger partial charge in [-0.2, -0.15) is 5.10 Å². The van der Waals surface area contributed by atoms with Gasteiger partial charge in [0.25, 0.3) is 0 Å². The molecule has 3 nitrogen and oxygen atoms in total. The molecule has 0 radical (unpaired) electrons. The molecule has 0 spiro atoms. The van der Waals surface area contributed by atoms with Crippen LogP contribution in [0.1, 0.15) is 38.1 Å². The first kappa shape index (κ1) is 13.5. The van der Waals surface area contributed by atoms with E-state index >= 15 is 0 Å². The van der Waals surface area contributed by atoms with E-state index in [2.05, 4.69) is 25.0 Å². The summed E-state index contributed by atoms with van der Waals surface area (Å²) in [5.41, 5.74) is 2.22. The zero-order chi connectivity index (χ0) is 12.0. The summed E-state index contributed by atoms with van der Waals surface area (Å²) in [5.74, 6) is 0.615. The topological polar surface area (TPSA) is 38.0 Å². The molecule has 0 saturated carbocycles. The van der Waals surface area contributed by atoms with E-state index in [1.807, 2.05) is 4.68 Å². The number of hydrogen-bond acceptors (Lipinski definition) is 2. The number of aryl methyl sites for hydroxylation is 2. The highest BCUT2D eigenvalue weighted by atomic mass is 35.5. The van der Waals surface area contributed by atoms with Crippen molar-refractivity contribution in [2.24, 2.45) is 0 Å². The van der Waals surface area contributed by atoms with Crippen LogP contribution < -0.4 is 0 Å². The minimum Gasteiger partial charge on any atom is -0.393 e. The quantitative estimate of drug-likeness (QED) is 0.748. The van der Waals surface area contributed by atoms with Gasteiger partial charge in [0, 0.05) is 24.5 Å². The van der Waals surface area contributed by atoms with E-state index in [1.54, 1.807) is 0 Å². The van der Waals surface area contributed by atoms with Gasteiger partial charge in [-0.05, 0) is 32.3 Å². The fourth-order valence-corrected chi connectivity index (χ4v) is 1.94. The van der Waals surface area contributed by atoms with Crippen molar-refractivity contribution in [1.29, 1.82) is 0 Å². The highest BCUT2D eigenvalue weighted by molar-refractivity contribution is 6.17. The number of hydrogen-bond donors (Lipinski definition) is 1. The normalized spacial score (nSPS) is 13.0. The van der Waals surface area contributed by atoms with E-state index in [1.165, 1.54) is 0 Å². The molecule has 4 heteroatoms. The molecule has 0 saturated heterocycles. The van der Waals surface area contributed by atoms with Gasteiger partial charge in [-0.25, -0.2) is 0 Å². The lowest BCUT2D eigenvalue weighted by Crippen LogP contribution is -2.14. The van der Waals surface area contributed by atoms with Crippen LogP contribution in [-0.4, -0.2) is 26.9 Å². The SMILES string of the molecule is CCc1cc(CC(O)CCCCl)n(CC)n1. The average molecular weight is 245 g/mol. The summed E-state index contributed by atoms with van der Waals surface area (Å²) in [5, 5.41) is 14.3. The van der Waals surface area contributed by atoms with Crippen molar-refractivity contribution < 1.29 is 5.11 Å². The Morgan fingerprint density at radius 3 is 2.81 bits per heavy atom. The van der Waals surface area contributed by atoms with Crippen LogP contribution in [0, 0.1) is 0 Å². The molecule has 0 bridgehead atoms. The Balaban J connectivity index is 2.60. The summed E-state index contributed by atoms with van der Waals surface area (Å²) in [4.78, 5) is 0. The maximum atomic E-state index is 9.84. The van der Waals surface area contributed by atoms with Gasteiger partial charge in [0.1, 0.15) is 0 Å². The van der Waals surface area contributed by atoms with Crippen molar-refractivity contribution >= 4 is 11.6 Å². The summed E-state index contributed by atoms with van der Waals surface area (Å²) in [6.45, 7) is 5.02. The molecule has 1 rings (SSSR count). The zero-order valence-electron chi connectivity index (χ0n) is 10.1. The van der Waals surface area contributed by atoms with E-state index in [-0.39, 0.29) is 6.10 Å². The monoisotopic (exact) mass is 244 g/mol. The number of aromatic nitrogens is 2. The standard InChI is InChI=1S/C12H21ClN2O/c1-3-10-8-11(15(4-2)14-10)9-12(16)6-5-7-13/h8,12,16H,3-7,9H2,1-2H3. The minimum absolute atomic E-state index is 0.301. The first-order valence-corrected chi connectivity index (χ1v) is 6.54. The van der Waals surface area contributed by atoms with Crippen LogP contribution in [0.25, 0.3) is 0 Å². The van der Waals surface area contributed by atoms with E-state index in [0.717, 1.165) is 37.2 Å². The second-order valence-corrected chi connectivity index (χ2v) is 4.36. The lowest BCUT2D eigenvalue weighted by molar-refractivity contribution is 0.161. The lowest BCUT2D eigenvalue weighted by atomic mass is 10.1. The Morgan fingerprint density at radius 1 is 1.50 bits per heavy atom. The number of aliphatic hydroxyl groups excluding tert-OH is 1. The third-order valence-electron chi connectivity index (χ3n) is 2.69. The average Bonchev–Trinajstić information content (AvgIpc) is 2.68. The first-order valence-electron chi connectivity index (χ1n) is 6.00. The van der Waals surface area contributed by atoms with Gasteiger partial charge in [-0.15, -0.1) is 11.6 Å². The summed E-state index contributed by atoms with van der Waals surface area (Å²) >= 11 is 5.61. The largest absolute Gasteiger partial charge is 0.393 e. The molecule has 0 aliphatic heterocycles. The Labute approximate surface area is 102 Å². The van der Waals surface area contributed by atoms with Crippen molar-refractivity contribution in [2.45, 2.75) is 52.2 Å². The van der Waals surface area contributed by atoms with Crippen LogP contribution in [0.4, 0.5) is 0 Å². The van der Waals surface area contributed by atoms with Gasteiger partial charge in [0.15, 0.2) is 0 Å². The lowest BCUT2D eigenvalue weighted by Gasteiger charge is -2.10. The van der Waals surface area contributed by atoms with E-state index in [4.69, 9.17) is 11.6 Å². The Hall–Kier alpha value is -0.540. The molecule has 0 amide bonds. The Bertz CT molecular complexity index is 312. The molecular weight excluding hydrogens is 224 g/mol. The van der Waals surface area contributed by atoms with Crippen LogP contribution in [0.3, 0.4) is 0 Å². The molecule has 92 valence electrons. The van der Waals surface area contributed by atoms with Crippen LogP contribution in [0.15, 0.2) is 6.07 Å². The fourth-order valence-electron chi connectivity index (χ4n) is 1.78. The number of halogens is 1. The van der Waals surface area contributed by atoms with Crippen LogP contribution >= 0.6 is 11.6 Å². The smallest absolute Gasteiger partial charge is 0.0624 e. The molecule has 0 aromatic carbocycles.